The fourth-order valence-corrected chi connectivity index (χ4v) is 2.28. The van der Waals surface area contributed by atoms with Gasteiger partial charge >= 0.3 is 0 Å². The van der Waals surface area contributed by atoms with Crippen LogP contribution >= 0.6 is 0 Å². The molecule has 0 N–H and O–H groups in total. The van der Waals surface area contributed by atoms with Crippen LogP contribution in [0.4, 0.5) is 4.39 Å². The molecule has 2 atom stereocenters. The lowest BCUT2D eigenvalue weighted by Gasteiger charge is -2.10. The van der Waals surface area contributed by atoms with Crippen molar-refractivity contribution in [1.29, 1.82) is 0 Å². The lowest BCUT2D eigenvalue weighted by Crippen LogP contribution is -1.97. The predicted octanol–water partition coefficient (Wildman–Crippen LogP) is 2.47. The van der Waals surface area contributed by atoms with Crippen LogP contribution in [0.25, 0.3) is 0 Å². The summed E-state index contributed by atoms with van der Waals surface area (Å²) in [5.41, 5.74) is 1.14. The van der Waals surface area contributed by atoms with E-state index in [4.69, 9.17) is 4.74 Å². The maximum Gasteiger partial charge on any atom is 0.123 e. The second-order valence-corrected chi connectivity index (χ2v) is 3.94. The summed E-state index contributed by atoms with van der Waals surface area (Å²) in [6.45, 7) is 0. The van der Waals surface area contributed by atoms with Crippen LogP contribution in [0.2, 0.25) is 0 Å². The maximum atomic E-state index is 12.9. The minimum Gasteiger partial charge on any atom is -0.370 e. The largest absolute Gasteiger partial charge is 0.370 e. The van der Waals surface area contributed by atoms with Gasteiger partial charge in [0.1, 0.15) is 5.82 Å². The molecule has 1 saturated heterocycles. The quantitative estimate of drug-likeness (QED) is 0.602. The third kappa shape index (κ3) is 1.25. The van der Waals surface area contributed by atoms with Gasteiger partial charge in [-0.2, -0.15) is 0 Å². The molecule has 0 amide bonds. The molecule has 1 saturated carbocycles. The van der Waals surface area contributed by atoms with Gasteiger partial charge in [-0.25, -0.2) is 4.39 Å². The Hall–Kier alpha value is -0.890. The fourth-order valence-electron chi connectivity index (χ4n) is 2.28. The van der Waals surface area contributed by atoms with Crippen molar-refractivity contribution in [2.45, 2.75) is 31.0 Å². The Labute approximate surface area is 76.5 Å². The first-order chi connectivity index (χ1) is 6.33. The summed E-state index contributed by atoms with van der Waals surface area (Å²) in [6.07, 6.45) is 3.11. The number of benzene rings is 1. The molecule has 1 aliphatic heterocycles. The highest BCUT2D eigenvalue weighted by molar-refractivity contribution is 5.24. The van der Waals surface area contributed by atoms with E-state index < -0.39 is 0 Å². The molecular weight excluding hydrogens is 167 g/mol. The van der Waals surface area contributed by atoms with Gasteiger partial charge in [0.2, 0.25) is 0 Å². The number of ether oxygens (including phenoxy) is 1. The van der Waals surface area contributed by atoms with Gasteiger partial charge in [0.05, 0.1) is 12.2 Å². The van der Waals surface area contributed by atoms with E-state index in [1.165, 1.54) is 6.07 Å². The highest BCUT2D eigenvalue weighted by Crippen LogP contribution is 2.46. The molecule has 2 fully saturated rings. The van der Waals surface area contributed by atoms with Gasteiger partial charge in [-0.1, -0.05) is 12.1 Å². The van der Waals surface area contributed by atoms with E-state index in [0.29, 0.717) is 18.1 Å². The molecule has 1 aromatic carbocycles. The summed E-state index contributed by atoms with van der Waals surface area (Å²) in [6, 6.07) is 6.94. The predicted molar refractivity (Wildman–Crippen MR) is 47.0 cm³/mol. The first kappa shape index (κ1) is 7.51. The molecule has 2 aliphatic rings. The standard InChI is InChI=1S/C11H11FO/c12-9-3-1-2-7(4-9)8-5-10-11(6-8)13-10/h1-4,8,10-11H,5-6H2. The maximum absolute atomic E-state index is 12.9. The molecular formula is C11H11FO. The molecule has 3 rings (SSSR count). The van der Waals surface area contributed by atoms with Gasteiger partial charge in [-0.05, 0) is 36.5 Å². The van der Waals surface area contributed by atoms with Crippen molar-refractivity contribution in [3.05, 3.63) is 35.6 Å². The number of hydrogen-bond donors (Lipinski definition) is 0. The van der Waals surface area contributed by atoms with E-state index in [2.05, 4.69) is 0 Å². The summed E-state index contributed by atoms with van der Waals surface area (Å²) in [4.78, 5) is 0. The molecule has 0 radical (unpaired) electrons. The molecule has 0 bridgehead atoms. The third-order valence-corrected chi connectivity index (χ3v) is 3.04. The molecule has 13 heavy (non-hydrogen) atoms. The number of hydrogen-bond acceptors (Lipinski definition) is 1. The molecule has 1 aliphatic carbocycles. The number of halogens is 1. The lowest BCUT2D eigenvalue weighted by atomic mass is 9.97. The molecule has 1 nitrogen and oxygen atoms in total. The minimum absolute atomic E-state index is 0.126. The van der Waals surface area contributed by atoms with E-state index in [9.17, 15) is 4.39 Å². The van der Waals surface area contributed by atoms with Gasteiger partial charge in [-0.15, -0.1) is 0 Å². The van der Waals surface area contributed by atoms with Crippen LogP contribution in [-0.4, -0.2) is 12.2 Å². The zero-order chi connectivity index (χ0) is 8.84. The van der Waals surface area contributed by atoms with E-state index in [1.807, 2.05) is 6.07 Å². The molecule has 1 heterocycles. The van der Waals surface area contributed by atoms with Crippen molar-refractivity contribution in [3.8, 4) is 0 Å². The van der Waals surface area contributed by atoms with Crippen LogP contribution in [0.3, 0.4) is 0 Å². The smallest absolute Gasteiger partial charge is 0.123 e. The number of epoxide rings is 1. The SMILES string of the molecule is Fc1cccc(C2CC3OC3C2)c1. The van der Waals surface area contributed by atoms with Gasteiger partial charge < -0.3 is 4.74 Å². The van der Waals surface area contributed by atoms with Crippen molar-refractivity contribution in [3.63, 3.8) is 0 Å². The summed E-state index contributed by atoms with van der Waals surface area (Å²) >= 11 is 0. The molecule has 2 heteroatoms. The zero-order valence-electron chi connectivity index (χ0n) is 7.24. The van der Waals surface area contributed by atoms with E-state index >= 15 is 0 Å². The normalized spacial score (nSPS) is 35.9. The second-order valence-electron chi connectivity index (χ2n) is 3.94. The molecule has 68 valence electrons. The fraction of sp³-hybridized carbons (Fsp3) is 0.455. The van der Waals surface area contributed by atoms with Crippen molar-refractivity contribution in [2.75, 3.05) is 0 Å². The summed E-state index contributed by atoms with van der Waals surface area (Å²) in [5.74, 6) is 0.401. The van der Waals surface area contributed by atoms with Crippen LogP contribution in [0.1, 0.15) is 24.3 Å². The van der Waals surface area contributed by atoms with Crippen molar-refractivity contribution >= 4 is 0 Å². The van der Waals surface area contributed by atoms with E-state index in [-0.39, 0.29) is 5.82 Å². The summed E-state index contributed by atoms with van der Waals surface area (Å²) in [5, 5.41) is 0. The van der Waals surface area contributed by atoms with E-state index in [1.54, 1.807) is 12.1 Å². The average molecular weight is 178 g/mol. The monoisotopic (exact) mass is 178 g/mol. The van der Waals surface area contributed by atoms with Gasteiger partial charge in [0.25, 0.3) is 0 Å². The van der Waals surface area contributed by atoms with Gasteiger partial charge in [-0.3, -0.25) is 0 Å². The van der Waals surface area contributed by atoms with Gasteiger partial charge in [0.15, 0.2) is 0 Å². The first-order valence-corrected chi connectivity index (χ1v) is 4.74. The Kier molecular flexibility index (Phi) is 1.47. The Morgan fingerprint density at radius 2 is 2.00 bits per heavy atom. The molecule has 0 spiro atoms. The van der Waals surface area contributed by atoms with Crippen LogP contribution in [0, 0.1) is 5.82 Å². The third-order valence-electron chi connectivity index (χ3n) is 3.04. The number of rotatable bonds is 1. The van der Waals surface area contributed by atoms with Crippen molar-refractivity contribution < 1.29 is 9.13 Å². The highest BCUT2D eigenvalue weighted by atomic mass is 19.1. The summed E-state index contributed by atoms with van der Waals surface area (Å²) in [7, 11) is 0. The second kappa shape index (κ2) is 2.55. The van der Waals surface area contributed by atoms with Crippen LogP contribution in [0.15, 0.2) is 24.3 Å². The lowest BCUT2D eigenvalue weighted by molar-refractivity contribution is 0.304. The Morgan fingerprint density at radius 1 is 1.23 bits per heavy atom. The van der Waals surface area contributed by atoms with Crippen LogP contribution in [-0.2, 0) is 4.74 Å². The average Bonchev–Trinajstić information content (AvgIpc) is 2.74. The Bertz CT molecular complexity index is 327. The van der Waals surface area contributed by atoms with Gasteiger partial charge in [0, 0.05) is 0 Å². The van der Waals surface area contributed by atoms with Crippen LogP contribution < -0.4 is 0 Å². The Balaban J connectivity index is 1.84. The first-order valence-electron chi connectivity index (χ1n) is 4.74. The summed E-state index contributed by atoms with van der Waals surface area (Å²) < 4.78 is 18.2. The van der Waals surface area contributed by atoms with Crippen LogP contribution in [0.5, 0.6) is 0 Å². The zero-order valence-corrected chi connectivity index (χ0v) is 7.24. The topological polar surface area (TPSA) is 12.5 Å². The molecule has 1 aromatic rings. The highest BCUT2D eigenvalue weighted by Gasteiger charge is 2.48. The van der Waals surface area contributed by atoms with Crippen molar-refractivity contribution in [2.24, 2.45) is 0 Å². The Morgan fingerprint density at radius 3 is 2.69 bits per heavy atom. The number of fused-ring (bicyclic) bond motifs is 1. The van der Waals surface area contributed by atoms with Crippen molar-refractivity contribution in [1.82, 2.24) is 0 Å². The molecule has 0 aromatic heterocycles. The van der Waals surface area contributed by atoms with E-state index in [0.717, 1.165) is 18.4 Å². The minimum atomic E-state index is -0.126. The molecule has 2 unspecified atom stereocenters.